The second kappa shape index (κ2) is 8.33. The van der Waals surface area contributed by atoms with Crippen LogP contribution in [0.15, 0.2) is 59.8 Å². The van der Waals surface area contributed by atoms with Crippen molar-refractivity contribution in [3.8, 4) is 0 Å². The van der Waals surface area contributed by atoms with E-state index in [0.717, 1.165) is 0 Å². The third-order valence-electron chi connectivity index (χ3n) is 3.03. The number of hydrogen-bond acceptors (Lipinski definition) is 5. The molecule has 0 unspecified atom stereocenters. The lowest BCUT2D eigenvalue weighted by molar-refractivity contribution is -0.120. The lowest BCUT2D eigenvalue weighted by Gasteiger charge is -2.09. The molecule has 7 nitrogen and oxygen atoms in total. The Labute approximate surface area is 139 Å². The fourth-order valence-electron chi connectivity index (χ4n) is 1.89. The molecule has 0 heterocycles. The number of nitrogens with two attached hydrogens (primary N) is 1. The summed E-state index contributed by atoms with van der Waals surface area (Å²) in [5.41, 5.74) is 7.02. The second-order valence-electron chi connectivity index (χ2n) is 4.70. The van der Waals surface area contributed by atoms with Gasteiger partial charge in [-0.15, -0.1) is 0 Å². The van der Waals surface area contributed by atoms with Gasteiger partial charge in [-0.2, -0.15) is 0 Å². The third kappa shape index (κ3) is 4.57. The van der Waals surface area contributed by atoms with Crippen LogP contribution in [-0.4, -0.2) is 31.4 Å². The summed E-state index contributed by atoms with van der Waals surface area (Å²) in [4.78, 5) is 28.5. The Hall–Kier alpha value is -3.35. The van der Waals surface area contributed by atoms with E-state index >= 15 is 0 Å². The van der Waals surface area contributed by atoms with Crippen molar-refractivity contribution in [1.82, 2.24) is 0 Å². The zero-order valence-corrected chi connectivity index (χ0v) is 13.1. The Kier molecular flexibility index (Phi) is 5.90. The van der Waals surface area contributed by atoms with E-state index in [-0.39, 0.29) is 18.0 Å². The molecule has 0 fully saturated rings. The lowest BCUT2D eigenvalue weighted by atomic mass is 10.2. The zero-order chi connectivity index (χ0) is 17.4. The van der Waals surface area contributed by atoms with Crippen LogP contribution in [0.5, 0.6) is 0 Å². The van der Waals surface area contributed by atoms with Crippen LogP contribution in [0.4, 0.5) is 5.69 Å². The van der Waals surface area contributed by atoms with Gasteiger partial charge in [0.15, 0.2) is 12.4 Å². The molecule has 0 spiro atoms. The highest BCUT2D eigenvalue weighted by atomic mass is 16.6. The van der Waals surface area contributed by atoms with Crippen LogP contribution in [-0.2, 0) is 14.4 Å². The van der Waals surface area contributed by atoms with Crippen LogP contribution < -0.4 is 11.1 Å². The minimum Gasteiger partial charge on any atom is -0.465 e. The molecule has 3 N–H and O–H groups in total. The van der Waals surface area contributed by atoms with Gasteiger partial charge in [-0.3, -0.25) is 4.79 Å². The average Bonchev–Trinajstić information content (AvgIpc) is 2.62. The van der Waals surface area contributed by atoms with Crippen molar-refractivity contribution >= 4 is 23.4 Å². The number of carbonyl (C=O) groups excluding carboxylic acids is 2. The van der Waals surface area contributed by atoms with Crippen molar-refractivity contribution in [2.75, 3.05) is 19.0 Å². The molecule has 1 amide bonds. The Morgan fingerprint density at radius 1 is 1.08 bits per heavy atom. The van der Waals surface area contributed by atoms with Gasteiger partial charge in [0.25, 0.3) is 5.91 Å². The molecule has 0 aliphatic rings. The summed E-state index contributed by atoms with van der Waals surface area (Å²) in [5.74, 6) is -0.854. The molecule has 0 bridgehead atoms. The number of esters is 1. The Morgan fingerprint density at radius 3 is 2.46 bits per heavy atom. The number of nitrogens with one attached hydrogen (secondary N) is 1. The van der Waals surface area contributed by atoms with Crippen LogP contribution in [0.25, 0.3) is 0 Å². The van der Waals surface area contributed by atoms with Crippen molar-refractivity contribution in [3.63, 3.8) is 0 Å². The molecule has 0 saturated heterocycles. The van der Waals surface area contributed by atoms with E-state index in [4.69, 9.17) is 10.6 Å². The quantitative estimate of drug-likeness (QED) is 0.364. The van der Waals surface area contributed by atoms with Crippen LogP contribution >= 0.6 is 0 Å². The largest absolute Gasteiger partial charge is 0.465 e. The molecule has 0 aliphatic heterocycles. The zero-order valence-electron chi connectivity index (χ0n) is 13.1. The molecule has 7 heteroatoms. The van der Waals surface area contributed by atoms with Crippen LogP contribution in [0.1, 0.15) is 15.9 Å². The highest BCUT2D eigenvalue weighted by Gasteiger charge is 2.13. The molecule has 2 aromatic rings. The molecule has 0 radical (unpaired) electrons. The lowest BCUT2D eigenvalue weighted by Crippen LogP contribution is -2.20. The van der Waals surface area contributed by atoms with E-state index in [1.807, 2.05) is 18.2 Å². The minimum absolute atomic E-state index is 0.165. The van der Waals surface area contributed by atoms with Crippen molar-refractivity contribution in [1.29, 1.82) is 0 Å². The summed E-state index contributed by atoms with van der Waals surface area (Å²) in [7, 11) is 1.27. The molecule has 2 rings (SSSR count). The number of amides is 1. The van der Waals surface area contributed by atoms with E-state index in [0.29, 0.717) is 11.3 Å². The second-order valence-corrected chi connectivity index (χ2v) is 4.70. The average molecular weight is 327 g/mol. The molecular formula is C17H17N3O4. The summed E-state index contributed by atoms with van der Waals surface area (Å²) in [6.07, 6.45) is 0. The highest BCUT2D eigenvalue weighted by molar-refractivity contribution is 6.01. The number of anilines is 1. The van der Waals surface area contributed by atoms with Gasteiger partial charge in [0, 0.05) is 5.56 Å². The van der Waals surface area contributed by atoms with Gasteiger partial charge in [0.1, 0.15) is 0 Å². The Balaban J connectivity index is 1.94. The first kappa shape index (κ1) is 17.0. The third-order valence-corrected chi connectivity index (χ3v) is 3.03. The number of nitrogens with zero attached hydrogens (tertiary/aromatic N) is 1. The number of methoxy groups -OCH3 is 1. The maximum Gasteiger partial charge on any atom is 0.339 e. The summed E-state index contributed by atoms with van der Waals surface area (Å²) < 4.78 is 4.66. The maximum absolute atomic E-state index is 11.9. The van der Waals surface area contributed by atoms with Crippen molar-refractivity contribution in [2.24, 2.45) is 10.9 Å². The number of para-hydroxylation sites is 1. The number of benzene rings is 2. The first-order valence-electron chi connectivity index (χ1n) is 7.10. The predicted octanol–water partition coefficient (Wildman–Crippen LogP) is 1.75. The molecule has 24 heavy (non-hydrogen) atoms. The van der Waals surface area contributed by atoms with Crippen molar-refractivity contribution < 1.29 is 19.2 Å². The topological polar surface area (TPSA) is 103 Å². The molecule has 0 saturated carbocycles. The van der Waals surface area contributed by atoms with E-state index in [9.17, 15) is 9.59 Å². The van der Waals surface area contributed by atoms with Gasteiger partial charge < -0.3 is 20.6 Å². The van der Waals surface area contributed by atoms with Crippen molar-refractivity contribution in [3.05, 3.63) is 65.7 Å². The standard InChI is InChI=1S/C17H17N3O4/c1-23-17(22)13-9-5-6-10-14(13)19-15(21)11-24-20-16(18)12-7-3-2-4-8-12/h2-10H,11H2,1H3,(H2,18,20)(H,19,21). The molecule has 2 aromatic carbocycles. The van der Waals surface area contributed by atoms with E-state index in [2.05, 4.69) is 15.2 Å². The van der Waals surface area contributed by atoms with Crippen LogP contribution in [0, 0.1) is 0 Å². The Bertz CT molecular complexity index is 745. The number of carbonyl (C=O) groups is 2. The molecule has 0 aliphatic carbocycles. The summed E-state index contributed by atoms with van der Waals surface area (Å²) >= 11 is 0. The summed E-state index contributed by atoms with van der Waals surface area (Å²) in [5, 5.41) is 6.26. The molecular weight excluding hydrogens is 310 g/mol. The maximum atomic E-state index is 11.9. The number of rotatable bonds is 6. The monoisotopic (exact) mass is 327 g/mol. The normalized spacial score (nSPS) is 10.8. The van der Waals surface area contributed by atoms with Crippen LogP contribution in [0.3, 0.4) is 0 Å². The van der Waals surface area contributed by atoms with Gasteiger partial charge in [0.05, 0.1) is 18.4 Å². The van der Waals surface area contributed by atoms with E-state index in [1.165, 1.54) is 7.11 Å². The Morgan fingerprint density at radius 2 is 1.75 bits per heavy atom. The SMILES string of the molecule is COC(=O)c1ccccc1NC(=O)CO/N=C(/N)c1ccccc1. The van der Waals surface area contributed by atoms with Gasteiger partial charge in [-0.1, -0.05) is 47.6 Å². The number of amidine groups is 1. The minimum atomic E-state index is -0.543. The number of ether oxygens (including phenoxy) is 1. The summed E-state index contributed by atoms with van der Waals surface area (Å²) in [6, 6.07) is 15.5. The van der Waals surface area contributed by atoms with Gasteiger partial charge >= 0.3 is 5.97 Å². The van der Waals surface area contributed by atoms with E-state index < -0.39 is 11.9 Å². The van der Waals surface area contributed by atoms with Gasteiger partial charge in [0.2, 0.25) is 0 Å². The molecule has 0 atom stereocenters. The molecule has 124 valence electrons. The first-order chi connectivity index (χ1) is 11.6. The first-order valence-corrected chi connectivity index (χ1v) is 7.10. The van der Waals surface area contributed by atoms with E-state index in [1.54, 1.807) is 36.4 Å². The van der Waals surface area contributed by atoms with Crippen molar-refractivity contribution in [2.45, 2.75) is 0 Å². The van der Waals surface area contributed by atoms with Gasteiger partial charge in [-0.05, 0) is 12.1 Å². The fraction of sp³-hybridized carbons (Fsp3) is 0.118. The van der Waals surface area contributed by atoms with Crippen LogP contribution in [0.2, 0.25) is 0 Å². The van der Waals surface area contributed by atoms with Gasteiger partial charge in [-0.25, -0.2) is 4.79 Å². The smallest absolute Gasteiger partial charge is 0.339 e. The number of oxime groups is 1. The number of hydrogen-bond donors (Lipinski definition) is 2. The highest BCUT2D eigenvalue weighted by Crippen LogP contribution is 2.15. The molecule has 0 aromatic heterocycles. The fourth-order valence-corrected chi connectivity index (χ4v) is 1.89. The predicted molar refractivity (Wildman–Crippen MR) is 89.5 cm³/mol. The summed E-state index contributed by atoms with van der Waals surface area (Å²) in [6.45, 7) is -0.344.